The summed E-state index contributed by atoms with van der Waals surface area (Å²) < 4.78 is 22.7. The van der Waals surface area contributed by atoms with Gasteiger partial charge in [0, 0.05) is 15.2 Å². The highest BCUT2D eigenvalue weighted by Crippen LogP contribution is 2.48. The third kappa shape index (κ3) is 4.91. The van der Waals surface area contributed by atoms with Crippen molar-refractivity contribution < 1.29 is 23.7 Å². The maximum atomic E-state index is 12.6. The molecule has 0 spiro atoms. The molecular weight excluding hydrogens is 536 g/mol. The molecule has 2 atom stereocenters. The molecule has 0 aromatic heterocycles. The number of nitrogens with zero attached hydrogens (tertiary/aromatic N) is 1. The van der Waals surface area contributed by atoms with Gasteiger partial charge in [0.1, 0.15) is 6.17 Å². The van der Waals surface area contributed by atoms with E-state index in [4.69, 9.17) is 30.5 Å². The molecule has 1 N–H and O–H groups in total. The van der Waals surface area contributed by atoms with Gasteiger partial charge in [-0.2, -0.15) is 0 Å². The zero-order valence-electron chi connectivity index (χ0n) is 19.8. The van der Waals surface area contributed by atoms with Crippen LogP contribution >= 0.6 is 27.5 Å². The van der Waals surface area contributed by atoms with Crippen LogP contribution in [0, 0.1) is 0 Å². The van der Waals surface area contributed by atoms with Crippen LogP contribution in [0.4, 0.5) is 5.69 Å². The number of hydrogen-bond donors (Lipinski definition) is 1. The molecule has 0 aliphatic carbocycles. The zero-order valence-corrected chi connectivity index (χ0v) is 22.1. The number of fused-ring (bicyclic) bond motifs is 1. The Morgan fingerprint density at radius 3 is 2.26 bits per heavy atom. The molecule has 0 fully saturated rings. The quantitative estimate of drug-likeness (QED) is 0.365. The van der Waals surface area contributed by atoms with Crippen molar-refractivity contribution in [3.63, 3.8) is 0 Å². The highest BCUT2D eigenvalue weighted by molar-refractivity contribution is 9.10. The van der Waals surface area contributed by atoms with Gasteiger partial charge in [-0.1, -0.05) is 45.7 Å². The van der Waals surface area contributed by atoms with E-state index in [1.807, 2.05) is 59.5 Å². The van der Waals surface area contributed by atoms with E-state index in [1.165, 1.54) is 7.11 Å². The molecule has 0 amide bonds. The number of ether oxygens (including phenoxy) is 4. The van der Waals surface area contributed by atoms with Crippen LogP contribution in [0.3, 0.4) is 0 Å². The smallest absolute Gasteiger partial charge is 0.319 e. The highest BCUT2D eigenvalue weighted by Gasteiger charge is 2.39. The maximum absolute atomic E-state index is 12.6. The van der Waals surface area contributed by atoms with Crippen LogP contribution in [-0.2, 0) is 9.53 Å². The summed E-state index contributed by atoms with van der Waals surface area (Å²) in [6.07, 6.45) is -0.447. The number of halogens is 2. The van der Waals surface area contributed by atoms with Crippen LogP contribution in [0.2, 0.25) is 5.02 Å². The molecule has 0 radical (unpaired) electrons. The number of esters is 1. The summed E-state index contributed by atoms with van der Waals surface area (Å²) in [5, 5.41) is 4.18. The molecule has 0 bridgehead atoms. The Balaban J connectivity index is 1.96. The van der Waals surface area contributed by atoms with Crippen molar-refractivity contribution in [1.29, 1.82) is 0 Å². The molecular formula is C26H26BrClN2O5. The summed E-state index contributed by atoms with van der Waals surface area (Å²) >= 11 is 10.3. The third-order valence-corrected chi connectivity index (χ3v) is 6.84. The van der Waals surface area contributed by atoms with Crippen molar-refractivity contribution in [2.75, 3.05) is 40.3 Å². The van der Waals surface area contributed by atoms with E-state index in [-0.39, 0.29) is 18.6 Å². The molecule has 9 heteroatoms. The fourth-order valence-corrected chi connectivity index (χ4v) is 5.04. The Hall–Kier alpha value is -2.94. The normalized spacial score (nSPS) is 17.2. The first-order valence-corrected chi connectivity index (χ1v) is 12.0. The number of rotatable bonds is 7. The van der Waals surface area contributed by atoms with Gasteiger partial charge in [0.05, 0.1) is 41.0 Å². The van der Waals surface area contributed by atoms with Gasteiger partial charge in [-0.15, -0.1) is 0 Å². The van der Waals surface area contributed by atoms with Crippen LogP contribution in [-0.4, -0.2) is 45.9 Å². The second kappa shape index (κ2) is 10.8. The SMILES string of the molecule is COC(=O)CN1[C@@H](c2ccccc2Cl)c2cc(Br)ccc2N[C@H]1c1cc(OC)c(OC)c(OC)c1. The Bertz CT molecular complexity index is 1210. The molecule has 1 heterocycles. The summed E-state index contributed by atoms with van der Waals surface area (Å²) in [6.45, 7) is 0.00662. The first kappa shape index (κ1) is 25.2. The van der Waals surface area contributed by atoms with Crippen LogP contribution in [0.25, 0.3) is 0 Å². The van der Waals surface area contributed by atoms with E-state index in [0.717, 1.165) is 26.9 Å². The fourth-order valence-electron chi connectivity index (χ4n) is 4.42. The van der Waals surface area contributed by atoms with E-state index < -0.39 is 6.17 Å². The van der Waals surface area contributed by atoms with Gasteiger partial charge >= 0.3 is 5.97 Å². The second-order valence-corrected chi connectivity index (χ2v) is 9.23. The van der Waals surface area contributed by atoms with Gasteiger partial charge in [0.2, 0.25) is 5.75 Å². The van der Waals surface area contributed by atoms with E-state index in [2.05, 4.69) is 21.2 Å². The number of carbonyl (C=O) groups is 1. The number of carbonyl (C=O) groups excluding carboxylic acids is 1. The lowest BCUT2D eigenvalue weighted by Gasteiger charge is -2.44. The molecule has 3 aromatic rings. The first-order valence-electron chi connectivity index (χ1n) is 10.8. The molecule has 3 aromatic carbocycles. The fraction of sp³-hybridized carbons (Fsp3) is 0.269. The standard InChI is InChI=1S/C26H26BrClN2O5/c1-32-21-11-15(12-22(33-2)25(21)35-4)26-29-20-10-9-16(27)13-18(20)24(30(26)14-23(31)34-3)17-7-5-6-8-19(17)28/h5-13,24,26,29H,14H2,1-4H3/t24-,26+/m0/s1. The predicted octanol–water partition coefficient (Wildman–Crippen LogP) is 5.82. The summed E-state index contributed by atoms with van der Waals surface area (Å²) in [5.41, 5.74) is 3.57. The number of benzene rings is 3. The van der Waals surface area contributed by atoms with Crippen molar-refractivity contribution in [1.82, 2.24) is 4.90 Å². The van der Waals surface area contributed by atoms with Crippen molar-refractivity contribution in [3.05, 3.63) is 80.8 Å². The Morgan fingerprint density at radius 2 is 1.66 bits per heavy atom. The van der Waals surface area contributed by atoms with E-state index >= 15 is 0 Å². The molecule has 4 rings (SSSR count). The van der Waals surface area contributed by atoms with Crippen LogP contribution in [0.15, 0.2) is 59.1 Å². The molecule has 0 saturated carbocycles. The Labute approximate surface area is 218 Å². The molecule has 1 aliphatic rings. The summed E-state index contributed by atoms with van der Waals surface area (Å²) in [4.78, 5) is 14.7. The number of methoxy groups -OCH3 is 4. The minimum Gasteiger partial charge on any atom is -0.493 e. The molecule has 1 aliphatic heterocycles. The average Bonchev–Trinajstić information content (AvgIpc) is 2.87. The Morgan fingerprint density at radius 1 is 0.971 bits per heavy atom. The molecule has 0 unspecified atom stereocenters. The minimum absolute atomic E-state index is 0.00662. The monoisotopic (exact) mass is 560 g/mol. The zero-order chi connectivity index (χ0) is 25.1. The van der Waals surface area contributed by atoms with Gasteiger partial charge < -0.3 is 24.3 Å². The predicted molar refractivity (Wildman–Crippen MR) is 139 cm³/mol. The third-order valence-electron chi connectivity index (χ3n) is 6.01. The van der Waals surface area contributed by atoms with Gasteiger partial charge in [-0.25, -0.2) is 0 Å². The number of nitrogens with one attached hydrogen (secondary N) is 1. The van der Waals surface area contributed by atoms with Gasteiger partial charge in [0.15, 0.2) is 11.5 Å². The van der Waals surface area contributed by atoms with Crippen molar-refractivity contribution in [3.8, 4) is 17.2 Å². The summed E-state index contributed by atoms with van der Waals surface area (Å²) in [6, 6.07) is 17.0. The lowest BCUT2D eigenvalue weighted by Crippen LogP contribution is -2.44. The van der Waals surface area contributed by atoms with Gasteiger partial charge in [-0.3, -0.25) is 9.69 Å². The lowest BCUT2D eigenvalue weighted by atomic mass is 9.91. The topological polar surface area (TPSA) is 69.3 Å². The molecule has 0 saturated heterocycles. The van der Waals surface area contributed by atoms with Gasteiger partial charge in [0.25, 0.3) is 0 Å². The average molecular weight is 562 g/mol. The summed E-state index contributed by atoms with van der Waals surface area (Å²) in [5.74, 6) is 1.14. The molecule has 7 nitrogen and oxygen atoms in total. The van der Waals surface area contributed by atoms with Crippen LogP contribution < -0.4 is 19.5 Å². The Kier molecular flexibility index (Phi) is 7.74. The van der Waals surface area contributed by atoms with E-state index in [0.29, 0.717) is 22.3 Å². The molecule has 35 heavy (non-hydrogen) atoms. The van der Waals surface area contributed by atoms with E-state index in [9.17, 15) is 4.79 Å². The first-order chi connectivity index (χ1) is 16.9. The number of anilines is 1. The summed E-state index contributed by atoms with van der Waals surface area (Å²) in [7, 11) is 6.08. The van der Waals surface area contributed by atoms with Crippen molar-refractivity contribution >= 4 is 39.2 Å². The van der Waals surface area contributed by atoms with Crippen molar-refractivity contribution in [2.24, 2.45) is 0 Å². The minimum atomic E-state index is -0.447. The van der Waals surface area contributed by atoms with E-state index in [1.54, 1.807) is 21.3 Å². The highest BCUT2D eigenvalue weighted by atomic mass is 79.9. The molecule has 184 valence electrons. The largest absolute Gasteiger partial charge is 0.493 e. The lowest BCUT2D eigenvalue weighted by molar-refractivity contribution is -0.143. The maximum Gasteiger partial charge on any atom is 0.319 e. The van der Waals surface area contributed by atoms with Gasteiger partial charge in [-0.05, 0) is 53.1 Å². The van der Waals surface area contributed by atoms with Crippen molar-refractivity contribution in [2.45, 2.75) is 12.2 Å². The number of hydrogen-bond acceptors (Lipinski definition) is 7. The second-order valence-electron chi connectivity index (χ2n) is 7.91. The van der Waals surface area contributed by atoms with Crippen LogP contribution in [0.1, 0.15) is 28.9 Å². The van der Waals surface area contributed by atoms with Crippen LogP contribution in [0.5, 0.6) is 17.2 Å².